The van der Waals surface area contributed by atoms with Crippen molar-refractivity contribution in [2.45, 2.75) is 0 Å². The summed E-state index contributed by atoms with van der Waals surface area (Å²) in [6.07, 6.45) is 3.74. The molecule has 0 aromatic carbocycles. The van der Waals surface area contributed by atoms with Gasteiger partial charge in [0.1, 0.15) is 0 Å². The van der Waals surface area contributed by atoms with Crippen LogP contribution in [0.4, 0.5) is 4.79 Å². The van der Waals surface area contributed by atoms with E-state index in [1.165, 1.54) is 10.9 Å². The van der Waals surface area contributed by atoms with Crippen LogP contribution in [0, 0.1) is 0 Å². The number of nitrogens with two attached hydrogens (primary N) is 1. The summed E-state index contributed by atoms with van der Waals surface area (Å²) in [5, 5.41) is 4.00. The number of nitrogens with zero attached hydrogens (tertiary/aromatic N) is 3. The van der Waals surface area contributed by atoms with Crippen molar-refractivity contribution in [3.63, 3.8) is 0 Å². The Morgan fingerprint density at radius 2 is 2.38 bits per heavy atom. The van der Waals surface area contributed by atoms with E-state index in [9.17, 15) is 4.79 Å². The van der Waals surface area contributed by atoms with Crippen LogP contribution in [0.3, 0.4) is 0 Å². The molecule has 0 saturated carbocycles. The molecular formula is C9H7ClN4O2. The minimum Gasteiger partial charge on any atom is -0.405 e. The highest BCUT2D eigenvalue weighted by atomic mass is 35.5. The molecule has 0 atom stereocenters. The smallest absolute Gasteiger partial charge is 0.405 e. The summed E-state index contributed by atoms with van der Waals surface area (Å²) >= 11 is 5.75. The van der Waals surface area contributed by atoms with E-state index in [4.69, 9.17) is 17.3 Å². The van der Waals surface area contributed by atoms with Gasteiger partial charge in [-0.2, -0.15) is 5.10 Å². The molecule has 0 radical (unpaired) electrons. The Morgan fingerprint density at radius 3 is 3.00 bits per heavy atom. The molecule has 16 heavy (non-hydrogen) atoms. The summed E-state index contributed by atoms with van der Waals surface area (Å²) < 4.78 is 6.09. The van der Waals surface area contributed by atoms with Gasteiger partial charge in [-0.25, -0.2) is 9.48 Å². The lowest BCUT2D eigenvalue weighted by Gasteiger charge is -1.97. The minimum atomic E-state index is -0.937. The Bertz CT molecular complexity index is 511. The molecule has 2 heterocycles. The monoisotopic (exact) mass is 238 g/mol. The molecule has 2 aromatic rings. The Labute approximate surface area is 95.6 Å². The third-order valence-electron chi connectivity index (χ3n) is 1.76. The molecule has 0 spiro atoms. The van der Waals surface area contributed by atoms with Crippen LogP contribution < -0.4 is 10.5 Å². The average molecular weight is 239 g/mol. The minimum absolute atomic E-state index is 0.0580. The van der Waals surface area contributed by atoms with Gasteiger partial charge in [0.2, 0.25) is 0 Å². The molecule has 6 nitrogen and oxygen atoms in total. The van der Waals surface area contributed by atoms with Crippen molar-refractivity contribution in [1.82, 2.24) is 14.8 Å². The number of pyridine rings is 1. The highest BCUT2D eigenvalue weighted by Gasteiger charge is 2.11. The Balaban J connectivity index is 2.34. The van der Waals surface area contributed by atoms with Crippen LogP contribution >= 0.6 is 11.6 Å². The van der Waals surface area contributed by atoms with Gasteiger partial charge in [-0.15, -0.1) is 0 Å². The second-order valence-corrected chi connectivity index (χ2v) is 3.22. The summed E-state index contributed by atoms with van der Waals surface area (Å²) in [4.78, 5) is 14.5. The number of aromatic nitrogens is 3. The van der Waals surface area contributed by atoms with E-state index in [2.05, 4.69) is 14.8 Å². The lowest BCUT2D eigenvalue weighted by molar-refractivity contribution is 0.211. The summed E-state index contributed by atoms with van der Waals surface area (Å²) in [5.41, 5.74) is 5.57. The second-order valence-electron chi connectivity index (χ2n) is 2.86. The molecule has 0 bridgehead atoms. The van der Waals surface area contributed by atoms with E-state index in [1.54, 1.807) is 24.5 Å². The lowest BCUT2D eigenvalue weighted by Crippen LogP contribution is -2.16. The normalized spacial score (nSPS) is 10.1. The number of primary amides is 1. The van der Waals surface area contributed by atoms with E-state index in [1.807, 2.05) is 0 Å². The number of amides is 1. The fourth-order valence-electron chi connectivity index (χ4n) is 1.14. The molecular weight excluding hydrogens is 232 g/mol. The number of ether oxygens (including phenoxy) is 1. The van der Waals surface area contributed by atoms with E-state index in [-0.39, 0.29) is 10.9 Å². The molecule has 2 rings (SSSR count). The van der Waals surface area contributed by atoms with Crippen molar-refractivity contribution >= 4 is 17.7 Å². The van der Waals surface area contributed by atoms with Crippen LogP contribution in [0.1, 0.15) is 0 Å². The maximum absolute atomic E-state index is 10.6. The highest BCUT2D eigenvalue weighted by molar-refractivity contribution is 6.30. The average Bonchev–Trinajstić information content (AvgIpc) is 2.61. The van der Waals surface area contributed by atoms with Crippen LogP contribution in [0.2, 0.25) is 5.15 Å². The first-order valence-corrected chi connectivity index (χ1v) is 4.67. The van der Waals surface area contributed by atoms with Gasteiger partial charge in [-0.05, 0) is 12.1 Å². The van der Waals surface area contributed by atoms with Gasteiger partial charge in [0, 0.05) is 6.20 Å². The Hall–Kier alpha value is -2.08. The standard InChI is InChI=1S/C9H7ClN4O2/c10-8-7(16-9(11)15)5-14(13-8)6-2-1-3-12-4-6/h1-5H,(H2,11,15). The predicted molar refractivity (Wildman–Crippen MR) is 56.6 cm³/mol. The van der Waals surface area contributed by atoms with Crippen molar-refractivity contribution in [3.05, 3.63) is 35.9 Å². The maximum Gasteiger partial charge on any atom is 0.410 e. The van der Waals surface area contributed by atoms with Crippen LogP contribution in [0.15, 0.2) is 30.7 Å². The van der Waals surface area contributed by atoms with Crippen molar-refractivity contribution < 1.29 is 9.53 Å². The van der Waals surface area contributed by atoms with Gasteiger partial charge in [-0.3, -0.25) is 4.98 Å². The number of carbonyl (C=O) groups excluding carboxylic acids is 1. The van der Waals surface area contributed by atoms with Crippen LogP contribution in [0.25, 0.3) is 5.69 Å². The summed E-state index contributed by atoms with van der Waals surface area (Å²) in [6.45, 7) is 0. The first-order chi connectivity index (χ1) is 7.66. The molecule has 2 N–H and O–H groups in total. The molecule has 1 amide bonds. The van der Waals surface area contributed by atoms with Gasteiger partial charge < -0.3 is 10.5 Å². The Morgan fingerprint density at radius 1 is 1.56 bits per heavy atom. The molecule has 2 aromatic heterocycles. The van der Waals surface area contributed by atoms with Crippen LogP contribution in [0.5, 0.6) is 5.75 Å². The maximum atomic E-state index is 10.6. The van der Waals surface area contributed by atoms with Crippen molar-refractivity contribution in [1.29, 1.82) is 0 Å². The topological polar surface area (TPSA) is 83.0 Å². The number of rotatable bonds is 2. The first-order valence-electron chi connectivity index (χ1n) is 4.29. The van der Waals surface area contributed by atoms with Crippen molar-refractivity contribution in [2.24, 2.45) is 5.73 Å². The van der Waals surface area contributed by atoms with E-state index in [0.717, 1.165) is 0 Å². The van der Waals surface area contributed by atoms with Gasteiger partial charge in [-0.1, -0.05) is 11.6 Å². The molecule has 82 valence electrons. The van der Waals surface area contributed by atoms with Crippen LogP contribution in [-0.2, 0) is 0 Å². The van der Waals surface area contributed by atoms with Gasteiger partial charge in [0.15, 0.2) is 10.9 Å². The van der Waals surface area contributed by atoms with E-state index >= 15 is 0 Å². The molecule has 0 saturated heterocycles. The fourth-order valence-corrected chi connectivity index (χ4v) is 1.30. The lowest BCUT2D eigenvalue weighted by atomic mass is 10.4. The van der Waals surface area contributed by atoms with Crippen molar-refractivity contribution in [3.8, 4) is 11.4 Å². The number of hydrogen-bond donors (Lipinski definition) is 1. The molecule has 0 fully saturated rings. The zero-order valence-electron chi connectivity index (χ0n) is 8.00. The van der Waals surface area contributed by atoms with E-state index < -0.39 is 6.09 Å². The molecule has 0 aliphatic carbocycles. The largest absolute Gasteiger partial charge is 0.410 e. The SMILES string of the molecule is NC(=O)Oc1cn(-c2cccnc2)nc1Cl. The zero-order chi connectivity index (χ0) is 11.5. The Kier molecular flexibility index (Phi) is 2.74. The number of carbonyl (C=O) groups is 1. The molecule has 7 heteroatoms. The van der Waals surface area contributed by atoms with Crippen molar-refractivity contribution in [2.75, 3.05) is 0 Å². The zero-order valence-corrected chi connectivity index (χ0v) is 8.76. The first kappa shape index (κ1) is 10.4. The quantitative estimate of drug-likeness (QED) is 0.857. The second kappa shape index (κ2) is 4.19. The van der Waals surface area contributed by atoms with Gasteiger partial charge in [0.05, 0.1) is 18.1 Å². The number of halogens is 1. The number of hydrogen-bond acceptors (Lipinski definition) is 4. The van der Waals surface area contributed by atoms with Gasteiger partial charge >= 0.3 is 6.09 Å². The molecule has 0 aliphatic heterocycles. The summed E-state index contributed by atoms with van der Waals surface area (Å²) in [5.74, 6) is 0.109. The van der Waals surface area contributed by atoms with Gasteiger partial charge in [0.25, 0.3) is 0 Å². The fraction of sp³-hybridized carbons (Fsp3) is 0. The predicted octanol–water partition coefficient (Wildman–Crippen LogP) is 1.38. The summed E-state index contributed by atoms with van der Waals surface area (Å²) in [7, 11) is 0. The highest BCUT2D eigenvalue weighted by Crippen LogP contribution is 2.23. The third-order valence-corrected chi connectivity index (χ3v) is 2.02. The molecule has 0 aliphatic rings. The van der Waals surface area contributed by atoms with E-state index in [0.29, 0.717) is 5.69 Å². The van der Waals surface area contributed by atoms with Crippen LogP contribution in [-0.4, -0.2) is 20.9 Å². The summed E-state index contributed by atoms with van der Waals surface area (Å²) in [6, 6.07) is 3.53. The third kappa shape index (κ3) is 2.12. The molecule has 0 unspecified atom stereocenters.